The van der Waals surface area contributed by atoms with Crippen LogP contribution in [0.25, 0.3) is 17.3 Å². The lowest BCUT2D eigenvalue weighted by atomic mass is 10.1. The molecule has 31 heavy (non-hydrogen) atoms. The molecule has 0 unspecified atom stereocenters. The lowest BCUT2D eigenvalue weighted by Gasteiger charge is -2.08. The maximum Gasteiger partial charge on any atom is 0.274 e. The molecule has 0 bridgehead atoms. The first-order valence-electron chi connectivity index (χ1n) is 10.5. The zero-order chi connectivity index (χ0) is 21.8. The molecule has 3 aromatic rings. The molecule has 1 aliphatic carbocycles. The molecule has 1 aliphatic rings. The Morgan fingerprint density at radius 3 is 2.39 bits per heavy atom. The van der Waals surface area contributed by atoms with Gasteiger partial charge in [0.2, 0.25) is 0 Å². The van der Waals surface area contributed by atoms with Gasteiger partial charge in [0, 0.05) is 18.2 Å². The number of benzene rings is 2. The molecular formula is C24H25N5O2. The van der Waals surface area contributed by atoms with E-state index >= 15 is 0 Å². The summed E-state index contributed by atoms with van der Waals surface area (Å²) >= 11 is 0. The Morgan fingerprint density at radius 1 is 1.03 bits per heavy atom. The van der Waals surface area contributed by atoms with Crippen LogP contribution in [0.3, 0.4) is 0 Å². The Hall–Kier alpha value is -3.74. The maximum atomic E-state index is 12.8. The van der Waals surface area contributed by atoms with Crippen molar-refractivity contribution in [1.29, 1.82) is 0 Å². The van der Waals surface area contributed by atoms with Crippen molar-refractivity contribution in [2.75, 3.05) is 6.54 Å². The van der Waals surface area contributed by atoms with Gasteiger partial charge in [-0.15, -0.1) is 5.10 Å². The summed E-state index contributed by atoms with van der Waals surface area (Å²) in [4.78, 5) is 24.8. The second kappa shape index (κ2) is 8.95. The van der Waals surface area contributed by atoms with Crippen LogP contribution in [0.1, 0.15) is 58.8 Å². The summed E-state index contributed by atoms with van der Waals surface area (Å²) in [5.74, 6) is -0.350. The molecule has 2 aromatic carbocycles. The lowest BCUT2D eigenvalue weighted by Crippen LogP contribution is -2.26. The zero-order valence-electron chi connectivity index (χ0n) is 17.6. The Morgan fingerprint density at radius 2 is 1.74 bits per heavy atom. The number of nitrogens with one attached hydrogen (secondary N) is 2. The van der Waals surface area contributed by atoms with Gasteiger partial charge in [0.15, 0.2) is 5.69 Å². The molecule has 1 saturated carbocycles. The topological polar surface area (TPSA) is 88.9 Å². The van der Waals surface area contributed by atoms with E-state index in [1.165, 1.54) is 0 Å². The quantitative estimate of drug-likeness (QED) is 0.618. The van der Waals surface area contributed by atoms with Gasteiger partial charge in [-0.05, 0) is 68.2 Å². The SMILES string of the molecule is CCNC(=O)c1ccc(-n2nnc(C(=O)NC3CC3)c2C=C(C)c2ccccc2)cc1. The molecule has 0 spiro atoms. The van der Waals surface area contributed by atoms with Crippen LogP contribution in [0.2, 0.25) is 0 Å². The van der Waals surface area contributed by atoms with Gasteiger partial charge in [0.25, 0.3) is 11.8 Å². The third kappa shape index (κ3) is 4.71. The minimum absolute atomic E-state index is 0.128. The second-order valence-electron chi connectivity index (χ2n) is 7.58. The molecule has 7 nitrogen and oxygen atoms in total. The van der Waals surface area contributed by atoms with Gasteiger partial charge in [-0.2, -0.15) is 0 Å². The molecular weight excluding hydrogens is 390 g/mol. The molecule has 2 amide bonds. The predicted octanol–water partition coefficient (Wildman–Crippen LogP) is 3.47. The molecule has 2 N–H and O–H groups in total. The average Bonchev–Trinajstić information content (AvgIpc) is 3.51. The van der Waals surface area contributed by atoms with Crippen molar-refractivity contribution in [3.05, 3.63) is 77.1 Å². The van der Waals surface area contributed by atoms with Crippen LogP contribution in [-0.4, -0.2) is 39.4 Å². The molecule has 158 valence electrons. The molecule has 0 radical (unpaired) electrons. The Kier molecular flexibility index (Phi) is 5.93. The van der Waals surface area contributed by atoms with Gasteiger partial charge in [-0.25, -0.2) is 4.68 Å². The van der Waals surface area contributed by atoms with Gasteiger partial charge >= 0.3 is 0 Å². The van der Waals surface area contributed by atoms with Crippen LogP contribution >= 0.6 is 0 Å². The van der Waals surface area contributed by atoms with E-state index in [-0.39, 0.29) is 23.6 Å². The Labute approximate surface area is 181 Å². The minimum Gasteiger partial charge on any atom is -0.352 e. The molecule has 1 heterocycles. The number of aromatic nitrogens is 3. The number of amides is 2. The maximum absolute atomic E-state index is 12.8. The summed E-state index contributed by atoms with van der Waals surface area (Å²) in [6.07, 6.45) is 3.92. The summed E-state index contributed by atoms with van der Waals surface area (Å²) < 4.78 is 1.63. The number of rotatable bonds is 7. The van der Waals surface area contributed by atoms with Crippen LogP contribution < -0.4 is 10.6 Å². The predicted molar refractivity (Wildman–Crippen MR) is 120 cm³/mol. The summed E-state index contributed by atoms with van der Waals surface area (Å²) in [7, 11) is 0. The third-order valence-electron chi connectivity index (χ3n) is 5.13. The summed E-state index contributed by atoms with van der Waals surface area (Å²) in [6.45, 7) is 4.44. The van der Waals surface area contributed by atoms with Crippen LogP contribution in [0.5, 0.6) is 0 Å². The van der Waals surface area contributed by atoms with Crippen molar-refractivity contribution < 1.29 is 9.59 Å². The highest BCUT2D eigenvalue weighted by atomic mass is 16.2. The van der Waals surface area contributed by atoms with E-state index in [9.17, 15) is 9.59 Å². The monoisotopic (exact) mass is 415 g/mol. The minimum atomic E-state index is -0.222. The number of carbonyl (C=O) groups excluding carboxylic acids is 2. The van der Waals surface area contributed by atoms with Crippen LogP contribution in [-0.2, 0) is 0 Å². The first-order valence-corrected chi connectivity index (χ1v) is 10.5. The molecule has 1 fully saturated rings. The van der Waals surface area contributed by atoms with E-state index in [2.05, 4.69) is 20.9 Å². The molecule has 7 heteroatoms. The van der Waals surface area contributed by atoms with Gasteiger partial charge in [0.05, 0.1) is 5.69 Å². The van der Waals surface area contributed by atoms with E-state index in [0.717, 1.165) is 29.7 Å². The zero-order valence-corrected chi connectivity index (χ0v) is 17.6. The fourth-order valence-electron chi connectivity index (χ4n) is 3.26. The number of hydrogen-bond acceptors (Lipinski definition) is 4. The molecule has 0 aliphatic heterocycles. The van der Waals surface area contributed by atoms with Crippen LogP contribution in [0.15, 0.2) is 54.6 Å². The van der Waals surface area contributed by atoms with E-state index in [1.54, 1.807) is 28.9 Å². The van der Waals surface area contributed by atoms with Crippen molar-refractivity contribution in [2.45, 2.75) is 32.7 Å². The van der Waals surface area contributed by atoms with Gasteiger partial charge < -0.3 is 10.6 Å². The highest BCUT2D eigenvalue weighted by Crippen LogP contribution is 2.23. The largest absolute Gasteiger partial charge is 0.352 e. The molecule has 1 aromatic heterocycles. The second-order valence-corrected chi connectivity index (χ2v) is 7.58. The smallest absolute Gasteiger partial charge is 0.274 e. The van der Waals surface area contributed by atoms with Crippen LogP contribution in [0.4, 0.5) is 0 Å². The summed E-state index contributed by atoms with van der Waals surface area (Å²) in [5.41, 5.74) is 4.22. The molecule has 0 saturated heterocycles. The van der Waals surface area contributed by atoms with Gasteiger partial charge in [-0.1, -0.05) is 35.5 Å². The fourth-order valence-corrected chi connectivity index (χ4v) is 3.26. The van der Waals surface area contributed by atoms with E-state index < -0.39 is 0 Å². The van der Waals surface area contributed by atoms with Crippen molar-refractivity contribution in [3.63, 3.8) is 0 Å². The first kappa shape index (κ1) is 20.5. The Balaban J connectivity index is 1.73. The normalized spacial score (nSPS) is 13.7. The fraction of sp³-hybridized carbons (Fsp3) is 0.250. The summed E-state index contributed by atoms with van der Waals surface area (Å²) in [6, 6.07) is 17.3. The number of carbonyl (C=O) groups is 2. The van der Waals surface area contributed by atoms with Crippen molar-refractivity contribution in [2.24, 2.45) is 0 Å². The standard InChI is InChI=1S/C24H25N5O2/c1-3-25-23(30)18-9-13-20(14-10-18)29-21(15-16(2)17-7-5-4-6-8-17)22(27-28-29)24(31)26-19-11-12-19/h4-10,13-15,19H,3,11-12H2,1-2H3,(H,25,30)(H,26,31). The van der Waals surface area contributed by atoms with Gasteiger partial charge in [-0.3, -0.25) is 9.59 Å². The average molecular weight is 415 g/mol. The van der Waals surface area contributed by atoms with Crippen LogP contribution in [0, 0.1) is 0 Å². The van der Waals surface area contributed by atoms with E-state index in [4.69, 9.17) is 0 Å². The lowest BCUT2D eigenvalue weighted by molar-refractivity contribution is 0.0941. The number of nitrogens with zero attached hydrogens (tertiary/aromatic N) is 3. The first-order chi connectivity index (χ1) is 15.1. The van der Waals surface area contributed by atoms with Crippen molar-refractivity contribution in [3.8, 4) is 5.69 Å². The van der Waals surface area contributed by atoms with Crippen molar-refractivity contribution in [1.82, 2.24) is 25.6 Å². The van der Waals surface area contributed by atoms with E-state index in [1.807, 2.05) is 50.3 Å². The third-order valence-corrected chi connectivity index (χ3v) is 5.13. The number of hydrogen-bond donors (Lipinski definition) is 2. The van der Waals surface area contributed by atoms with E-state index in [0.29, 0.717) is 17.8 Å². The molecule has 4 rings (SSSR count). The highest BCUT2D eigenvalue weighted by Gasteiger charge is 2.27. The Bertz CT molecular complexity index is 1110. The number of allylic oxidation sites excluding steroid dienone is 1. The van der Waals surface area contributed by atoms with Gasteiger partial charge in [0.1, 0.15) is 5.69 Å². The highest BCUT2D eigenvalue weighted by molar-refractivity contribution is 5.97. The van der Waals surface area contributed by atoms with Crippen molar-refractivity contribution >= 4 is 23.5 Å². The molecule has 0 atom stereocenters. The summed E-state index contributed by atoms with van der Waals surface area (Å²) in [5, 5.41) is 14.2.